The van der Waals surface area contributed by atoms with Gasteiger partial charge in [0.15, 0.2) is 0 Å². The molecule has 1 aliphatic heterocycles. The van der Waals surface area contributed by atoms with E-state index in [2.05, 4.69) is 0 Å². The Bertz CT molecular complexity index is 183. The largest absolute Gasteiger partial charge is 0.511 e. The van der Waals surface area contributed by atoms with Crippen molar-refractivity contribution in [2.24, 2.45) is 0 Å². The molecule has 1 N–H and O–H groups in total. The summed E-state index contributed by atoms with van der Waals surface area (Å²) < 4.78 is 0. The molecular weight excluding hydrogens is 136 g/mol. The lowest BCUT2D eigenvalue weighted by molar-refractivity contribution is -0.107. The lowest BCUT2D eigenvalue weighted by atomic mass is 10.2. The maximum atomic E-state index is 10.7. The first kappa shape index (κ1) is 6.68. The summed E-state index contributed by atoms with van der Waals surface area (Å²) >= 11 is 1.17. The van der Waals surface area contributed by atoms with Gasteiger partial charge in [0.1, 0.15) is 5.76 Å². The predicted molar refractivity (Wildman–Crippen MR) is 37.4 cm³/mol. The third kappa shape index (κ3) is 0.965. The molecule has 9 heavy (non-hydrogen) atoms. The van der Waals surface area contributed by atoms with Gasteiger partial charge in [-0.05, 0) is 13.8 Å². The molecule has 3 heteroatoms. The Morgan fingerprint density at radius 1 is 1.67 bits per heavy atom. The zero-order valence-electron chi connectivity index (χ0n) is 5.34. The Morgan fingerprint density at radius 3 is 2.33 bits per heavy atom. The number of carbonyl (C=O) groups is 1. The van der Waals surface area contributed by atoms with Crippen LogP contribution >= 0.6 is 11.8 Å². The minimum Gasteiger partial charge on any atom is -0.511 e. The van der Waals surface area contributed by atoms with E-state index >= 15 is 0 Å². The molecule has 0 unspecified atom stereocenters. The van der Waals surface area contributed by atoms with Crippen molar-refractivity contribution >= 4 is 16.9 Å². The van der Waals surface area contributed by atoms with Crippen LogP contribution in [0.25, 0.3) is 0 Å². The number of aliphatic hydroxyl groups excluding tert-OH is 1. The molecule has 0 aromatic rings. The van der Waals surface area contributed by atoms with E-state index in [1.165, 1.54) is 11.8 Å². The standard InChI is InChI=1S/C6H8O2S/c1-3-5(7)4(2)9-6(3)8/h4,7H,1-2H3/t4-/m1/s1. The lowest BCUT2D eigenvalue weighted by Crippen LogP contribution is -1.93. The summed E-state index contributed by atoms with van der Waals surface area (Å²) in [6.07, 6.45) is 0. The highest BCUT2D eigenvalue weighted by Crippen LogP contribution is 2.31. The first-order chi connectivity index (χ1) is 4.13. The highest BCUT2D eigenvalue weighted by Gasteiger charge is 2.26. The Hall–Kier alpha value is -0.440. The van der Waals surface area contributed by atoms with Gasteiger partial charge < -0.3 is 5.11 Å². The molecule has 1 rings (SSSR count). The van der Waals surface area contributed by atoms with E-state index < -0.39 is 0 Å². The molecule has 0 aliphatic carbocycles. The molecule has 0 saturated heterocycles. The summed E-state index contributed by atoms with van der Waals surface area (Å²) in [5.41, 5.74) is 0.507. The van der Waals surface area contributed by atoms with Crippen molar-refractivity contribution in [3.8, 4) is 0 Å². The Kier molecular flexibility index (Phi) is 1.53. The van der Waals surface area contributed by atoms with Crippen molar-refractivity contribution in [2.75, 3.05) is 0 Å². The van der Waals surface area contributed by atoms with E-state index in [1.807, 2.05) is 6.92 Å². The molecule has 2 nitrogen and oxygen atoms in total. The summed E-state index contributed by atoms with van der Waals surface area (Å²) in [4.78, 5) is 10.7. The van der Waals surface area contributed by atoms with Crippen LogP contribution in [0, 0.1) is 0 Å². The monoisotopic (exact) mass is 144 g/mol. The van der Waals surface area contributed by atoms with Crippen LogP contribution in [0.5, 0.6) is 0 Å². The molecule has 0 aromatic heterocycles. The first-order valence-corrected chi connectivity index (χ1v) is 3.61. The molecule has 1 aliphatic rings. The first-order valence-electron chi connectivity index (χ1n) is 2.73. The van der Waals surface area contributed by atoms with E-state index in [0.29, 0.717) is 5.57 Å². The number of carbonyl (C=O) groups excluding carboxylic acids is 1. The van der Waals surface area contributed by atoms with E-state index in [0.717, 1.165) is 0 Å². The van der Waals surface area contributed by atoms with Gasteiger partial charge in [0.05, 0.1) is 5.25 Å². The van der Waals surface area contributed by atoms with Crippen molar-refractivity contribution in [1.82, 2.24) is 0 Å². The van der Waals surface area contributed by atoms with Crippen molar-refractivity contribution in [1.29, 1.82) is 0 Å². The zero-order chi connectivity index (χ0) is 7.02. The molecule has 1 heterocycles. The summed E-state index contributed by atoms with van der Waals surface area (Å²) in [5, 5.41) is 9.04. The highest BCUT2D eigenvalue weighted by molar-refractivity contribution is 8.15. The second-order valence-electron chi connectivity index (χ2n) is 2.06. The molecule has 0 bridgehead atoms. The van der Waals surface area contributed by atoms with E-state index in [9.17, 15) is 4.79 Å². The van der Waals surface area contributed by atoms with Crippen LogP contribution in [-0.2, 0) is 4.79 Å². The Labute approximate surface area is 57.9 Å². The molecule has 0 fully saturated rings. The maximum absolute atomic E-state index is 10.7. The van der Waals surface area contributed by atoms with Gasteiger partial charge in [-0.1, -0.05) is 11.8 Å². The average molecular weight is 144 g/mol. The van der Waals surface area contributed by atoms with Crippen LogP contribution in [0.4, 0.5) is 0 Å². The van der Waals surface area contributed by atoms with Crippen molar-refractivity contribution in [3.05, 3.63) is 11.3 Å². The molecule has 0 aromatic carbocycles. The predicted octanol–water partition coefficient (Wildman–Crippen LogP) is 1.48. The normalized spacial score (nSPS) is 27.8. The molecule has 50 valence electrons. The van der Waals surface area contributed by atoms with Crippen LogP contribution in [-0.4, -0.2) is 15.5 Å². The minimum absolute atomic E-state index is 0.000000000000000222. The van der Waals surface area contributed by atoms with Crippen LogP contribution in [0.3, 0.4) is 0 Å². The van der Waals surface area contributed by atoms with Crippen molar-refractivity contribution in [3.63, 3.8) is 0 Å². The van der Waals surface area contributed by atoms with E-state index in [1.54, 1.807) is 6.92 Å². The number of hydrogen-bond donors (Lipinski definition) is 1. The molecular formula is C6H8O2S. The molecule has 0 saturated carbocycles. The number of hydrogen-bond acceptors (Lipinski definition) is 3. The molecule has 0 amide bonds. The maximum Gasteiger partial charge on any atom is 0.219 e. The third-order valence-electron chi connectivity index (χ3n) is 1.36. The van der Waals surface area contributed by atoms with Gasteiger partial charge in [0.25, 0.3) is 0 Å². The molecule has 0 radical (unpaired) electrons. The molecule has 0 spiro atoms. The summed E-state index contributed by atoms with van der Waals surface area (Å²) in [5.74, 6) is 0.241. The molecule has 1 atom stereocenters. The fraction of sp³-hybridized carbons (Fsp3) is 0.500. The summed E-state index contributed by atoms with van der Waals surface area (Å²) in [6, 6.07) is 0. The van der Waals surface area contributed by atoms with Gasteiger partial charge in [0, 0.05) is 5.57 Å². The fourth-order valence-corrected chi connectivity index (χ4v) is 1.61. The summed E-state index contributed by atoms with van der Waals surface area (Å²) in [6.45, 7) is 3.46. The van der Waals surface area contributed by atoms with Crippen LogP contribution in [0.1, 0.15) is 13.8 Å². The SMILES string of the molecule is CC1=C(O)[C@@H](C)SC1=O. The van der Waals surface area contributed by atoms with Crippen LogP contribution in [0.2, 0.25) is 0 Å². The Balaban J connectivity index is 2.92. The number of aliphatic hydroxyl groups is 1. The third-order valence-corrected chi connectivity index (χ3v) is 2.46. The lowest BCUT2D eigenvalue weighted by Gasteiger charge is -1.96. The average Bonchev–Trinajstić information content (AvgIpc) is 1.98. The second kappa shape index (κ2) is 2.06. The highest BCUT2D eigenvalue weighted by atomic mass is 32.2. The van der Waals surface area contributed by atoms with Gasteiger partial charge in [-0.2, -0.15) is 0 Å². The number of thioether (sulfide) groups is 1. The van der Waals surface area contributed by atoms with Crippen molar-refractivity contribution < 1.29 is 9.90 Å². The quantitative estimate of drug-likeness (QED) is 0.559. The van der Waals surface area contributed by atoms with Crippen LogP contribution < -0.4 is 0 Å². The van der Waals surface area contributed by atoms with Gasteiger partial charge in [0.2, 0.25) is 5.12 Å². The Morgan fingerprint density at radius 2 is 2.22 bits per heavy atom. The second-order valence-corrected chi connectivity index (χ2v) is 3.37. The minimum atomic E-state index is -0.0301. The van der Waals surface area contributed by atoms with Crippen LogP contribution in [0.15, 0.2) is 11.3 Å². The topological polar surface area (TPSA) is 37.3 Å². The fourth-order valence-electron chi connectivity index (χ4n) is 0.714. The van der Waals surface area contributed by atoms with E-state index in [4.69, 9.17) is 5.11 Å². The van der Waals surface area contributed by atoms with E-state index in [-0.39, 0.29) is 16.1 Å². The van der Waals surface area contributed by atoms with Gasteiger partial charge in [-0.3, -0.25) is 4.79 Å². The number of rotatable bonds is 0. The van der Waals surface area contributed by atoms with Gasteiger partial charge >= 0.3 is 0 Å². The van der Waals surface area contributed by atoms with Crippen molar-refractivity contribution in [2.45, 2.75) is 19.1 Å². The van der Waals surface area contributed by atoms with Gasteiger partial charge in [-0.15, -0.1) is 0 Å². The van der Waals surface area contributed by atoms with Gasteiger partial charge in [-0.25, -0.2) is 0 Å². The zero-order valence-corrected chi connectivity index (χ0v) is 6.16. The smallest absolute Gasteiger partial charge is 0.219 e. The summed E-state index contributed by atoms with van der Waals surface area (Å²) in [7, 11) is 0.